The molecule has 186 valence electrons. The number of ether oxygens (including phenoxy) is 3. The number of thiophene rings is 3. The van der Waals surface area contributed by atoms with Gasteiger partial charge in [-0.2, -0.15) is 11.3 Å². The van der Waals surface area contributed by atoms with Gasteiger partial charge in [0.15, 0.2) is 6.29 Å². The lowest BCUT2D eigenvalue weighted by Crippen LogP contribution is -2.24. The molecular formula is C29H29NO3S3. The third kappa shape index (κ3) is 6.86. The molecule has 0 amide bonds. The van der Waals surface area contributed by atoms with E-state index in [9.17, 15) is 0 Å². The van der Waals surface area contributed by atoms with E-state index in [4.69, 9.17) is 14.2 Å². The standard InChI is InChI=1S/C29H29NO3S3/c1-2-9-30(10-4-6-23-15-28(36-19-23)29-31-11-12-32-29)17-22-5-3-7-26(14-22)33-18-27-16-25(21-35-27)24-8-13-34-20-24/h3,5,7-8,13-16,19-21,29H,2,9-12,17-18H2,1H3. The van der Waals surface area contributed by atoms with Gasteiger partial charge in [0.25, 0.3) is 0 Å². The maximum absolute atomic E-state index is 6.14. The molecule has 1 aromatic carbocycles. The van der Waals surface area contributed by atoms with Crippen LogP contribution in [0.25, 0.3) is 11.1 Å². The summed E-state index contributed by atoms with van der Waals surface area (Å²) in [5.41, 5.74) is 4.81. The fraction of sp³-hybridized carbons (Fsp3) is 0.310. The van der Waals surface area contributed by atoms with Crippen LogP contribution >= 0.6 is 34.0 Å². The number of rotatable bonds is 10. The van der Waals surface area contributed by atoms with E-state index in [0.717, 1.165) is 42.2 Å². The first-order valence-corrected chi connectivity index (χ1v) is 14.8. The second-order valence-electron chi connectivity index (χ2n) is 8.57. The highest BCUT2D eigenvalue weighted by molar-refractivity contribution is 7.10. The van der Waals surface area contributed by atoms with Crippen LogP contribution in [0.5, 0.6) is 5.75 Å². The van der Waals surface area contributed by atoms with Crippen molar-refractivity contribution in [3.05, 3.63) is 84.9 Å². The zero-order valence-electron chi connectivity index (χ0n) is 20.3. The fourth-order valence-corrected chi connectivity index (χ4v) is 6.33. The lowest BCUT2D eigenvalue weighted by atomic mass is 10.2. The molecule has 5 rings (SSSR count). The molecule has 0 unspecified atom stereocenters. The van der Waals surface area contributed by atoms with Crippen LogP contribution in [0.4, 0.5) is 0 Å². The quantitative estimate of drug-likeness (QED) is 0.198. The van der Waals surface area contributed by atoms with E-state index >= 15 is 0 Å². The van der Waals surface area contributed by atoms with Gasteiger partial charge >= 0.3 is 0 Å². The molecule has 1 saturated heterocycles. The zero-order chi connectivity index (χ0) is 24.6. The molecule has 0 bridgehead atoms. The van der Waals surface area contributed by atoms with Crippen LogP contribution in [0.2, 0.25) is 0 Å². The van der Waals surface area contributed by atoms with E-state index in [1.807, 2.05) is 6.07 Å². The van der Waals surface area contributed by atoms with Crippen molar-refractivity contribution in [1.82, 2.24) is 4.90 Å². The zero-order valence-corrected chi connectivity index (χ0v) is 22.7. The number of hydrogen-bond acceptors (Lipinski definition) is 7. The molecule has 0 atom stereocenters. The van der Waals surface area contributed by atoms with Gasteiger partial charge in [0.1, 0.15) is 12.4 Å². The molecule has 4 heterocycles. The van der Waals surface area contributed by atoms with Gasteiger partial charge in [0.05, 0.1) is 24.6 Å². The minimum atomic E-state index is -0.223. The summed E-state index contributed by atoms with van der Waals surface area (Å²) in [4.78, 5) is 4.70. The first-order chi connectivity index (χ1) is 17.8. The highest BCUT2D eigenvalue weighted by Gasteiger charge is 2.19. The average Bonchev–Trinajstić information content (AvgIpc) is 3.70. The lowest BCUT2D eigenvalue weighted by Gasteiger charge is -2.19. The molecule has 1 fully saturated rings. The maximum atomic E-state index is 6.14. The van der Waals surface area contributed by atoms with Crippen molar-refractivity contribution in [3.8, 4) is 28.7 Å². The van der Waals surface area contributed by atoms with Gasteiger partial charge in [-0.1, -0.05) is 30.9 Å². The molecule has 0 saturated carbocycles. The summed E-state index contributed by atoms with van der Waals surface area (Å²) in [7, 11) is 0. The minimum absolute atomic E-state index is 0.223. The van der Waals surface area contributed by atoms with Gasteiger partial charge in [-0.05, 0) is 76.1 Å². The van der Waals surface area contributed by atoms with Gasteiger partial charge in [-0.25, -0.2) is 0 Å². The smallest absolute Gasteiger partial charge is 0.193 e. The van der Waals surface area contributed by atoms with E-state index in [0.29, 0.717) is 19.8 Å². The number of hydrogen-bond donors (Lipinski definition) is 0. The Morgan fingerprint density at radius 3 is 2.78 bits per heavy atom. The molecule has 0 N–H and O–H groups in total. The largest absolute Gasteiger partial charge is 0.488 e. The third-order valence-corrected chi connectivity index (χ3v) is 8.29. The average molecular weight is 536 g/mol. The van der Waals surface area contributed by atoms with Crippen LogP contribution in [-0.4, -0.2) is 31.2 Å². The molecule has 3 aromatic heterocycles. The van der Waals surface area contributed by atoms with Crippen molar-refractivity contribution >= 4 is 34.0 Å². The first kappa shape index (κ1) is 25.2. The van der Waals surface area contributed by atoms with Crippen LogP contribution in [-0.2, 0) is 22.6 Å². The Labute approximate surface area is 225 Å². The van der Waals surface area contributed by atoms with Crippen LogP contribution in [0.15, 0.2) is 64.0 Å². The van der Waals surface area contributed by atoms with Gasteiger partial charge in [-0.3, -0.25) is 4.90 Å². The summed E-state index contributed by atoms with van der Waals surface area (Å²) in [6, 6.07) is 14.9. The summed E-state index contributed by atoms with van der Waals surface area (Å²) in [6.07, 6.45) is 0.862. The first-order valence-electron chi connectivity index (χ1n) is 12.1. The van der Waals surface area contributed by atoms with Crippen molar-refractivity contribution in [3.63, 3.8) is 0 Å². The van der Waals surface area contributed by atoms with Crippen LogP contribution in [0.3, 0.4) is 0 Å². The van der Waals surface area contributed by atoms with Gasteiger partial charge in [0, 0.05) is 22.4 Å². The van der Waals surface area contributed by atoms with E-state index in [2.05, 4.69) is 81.6 Å². The Bertz CT molecular complexity index is 1290. The predicted octanol–water partition coefficient (Wildman–Crippen LogP) is 7.43. The normalized spacial score (nSPS) is 13.7. The van der Waals surface area contributed by atoms with Gasteiger partial charge in [-0.15, -0.1) is 22.7 Å². The van der Waals surface area contributed by atoms with E-state index in [-0.39, 0.29) is 6.29 Å². The van der Waals surface area contributed by atoms with E-state index in [1.54, 1.807) is 34.0 Å². The fourth-order valence-electron chi connectivity index (χ4n) is 4.03. The Balaban J connectivity index is 1.15. The van der Waals surface area contributed by atoms with Crippen molar-refractivity contribution in [1.29, 1.82) is 0 Å². The molecule has 1 aliphatic rings. The second kappa shape index (κ2) is 12.7. The summed E-state index contributed by atoms with van der Waals surface area (Å²) in [6.45, 7) is 6.68. The number of nitrogens with zero attached hydrogens (tertiary/aromatic N) is 1. The van der Waals surface area contributed by atoms with Gasteiger partial charge < -0.3 is 14.2 Å². The molecule has 0 radical (unpaired) electrons. The molecule has 1 aliphatic heterocycles. The van der Waals surface area contributed by atoms with Crippen molar-refractivity contribution in [2.45, 2.75) is 32.8 Å². The molecule has 0 aliphatic carbocycles. The molecule has 7 heteroatoms. The SMILES string of the molecule is CCCN(CC#Cc1csc(C2OCCO2)c1)Cc1cccc(OCc2cc(-c3ccsc3)cs2)c1. The predicted molar refractivity (Wildman–Crippen MR) is 150 cm³/mol. The third-order valence-electron chi connectivity index (χ3n) is 5.74. The lowest BCUT2D eigenvalue weighted by molar-refractivity contribution is -0.0413. The Morgan fingerprint density at radius 2 is 1.94 bits per heavy atom. The summed E-state index contributed by atoms with van der Waals surface area (Å²) < 4.78 is 17.3. The monoisotopic (exact) mass is 535 g/mol. The summed E-state index contributed by atoms with van der Waals surface area (Å²) >= 11 is 5.12. The maximum Gasteiger partial charge on any atom is 0.193 e. The molecular weight excluding hydrogens is 507 g/mol. The second-order valence-corrected chi connectivity index (χ2v) is 11.3. The van der Waals surface area contributed by atoms with Gasteiger partial charge in [0.2, 0.25) is 0 Å². The highest BCUT2D eigenvalue weighted by atomic mass is 32.1. The minimum Gasteiger partial charge on any atom is -0.488 e. The Hall–Kier alpha value is -2.44. The van der Waals surface area contributed by atoms with Crippen LogP contribution in [0, 0.1) is 11.8 Å². The molecule has 4 aromatic rings. The molecule has 0 spiro atoms. The van der Waals surface area contributed by atoms with Crippen molar-refractivity contribution < 1.29 is 14.2 Å². The summed E-state index contributed by atoms with van der Waals surface area (Å²) in [5, 5.41) is 8.58. The van der Waals surface area contributed by atoms with Crippen LogP contribution < -0.4 is 4.74 Å². The summed E-state index contributed by atoms with van der Waals surface area (Å²) in [5.74, 6) is 7.57. The highest BCUT2D eigenvalue weighted by Crippen LogP contribution is 2.29. The van der Waals surface area contributed by atoms with E-state index in [1.165, 1.54) is 21.6 Å². The van der Waals surface area contributed by atoms with Crippen molar-refractivity contribution in [2.24, 2.45) is 0 Å². The topological polar surface area (TPSA) is 30.9 Å². The molecule has 36 heavy (non-hydrogen) atoms. The Morgan fingerprint density at radius 1 is 1.03 bits per heavy atom. The molecule has 4 nitrogen and oxygen atoms in total. The van der Waals surface area contributed by atoms with Crippen molar-refractivity contribution in [2.75, 3.05) is 26.3 Å². The Kier molecular flexibility index (Phi) is 8.89. The number of benzene rings is 1. The van der Waals surface area contributed by atoms with Crippen LogP contribution in [0.1, 0.15) is 40.5 Å². The van der Waals surface area contributed by atoms with E-state index < -0.39 is 0 Å².